The Kier molecular flexibility index (Phi) is 8.00. The van der Waals surface area contributed by atoms with Crippen molar-refractivity contribution in [2.24, 2.45) is 0 Å². The quantitative estimate of drug-likeness (QED) is 0.326. The maximum atomic E-state index is 12.3. The first-order valence-corrected chi connectivity index (χ1v) is 10.9. The molecule has 0 amide bonds. The Morgan fingerprint density at radius 3 is 1.20 bits per heavy atom. The van der Waals surface area contributed by atoms with Gasteiger partial charge in [-0.05, 0) is 5.56 Å². The first-order chi connectivity index (χ1) is 10.8. The van der Waals surface area contributed by atoms with Gasteiger partial charge in [-0.2, -0.15) is 26.3 Å². The summed E-state index contributed by atoms with van der Waals surface area (Å²) in [7, 11) is 0. The van der Waals surface area contributed by atoms with Crippen LogP contribution in [0.4, 0.5) is 26.3 Å². The van der Waals surface area contributed by atoms with E-state index in [0.717, 1.165) is 12.1 Å². The van der Waals surface area contributed by atoms with Crippen molar-refractivity contribution >= 4 is 23.2 Å². The Hall–Kier alpha value is -0.357. The van der Waals surface area contributed by atoms with E-state index in [-0.39, 0.29) is 23.2 Å². The molecule has 1 aromatic rings. The molecule has 0 fully saturated rings. The van der Waals surface area contributed by atoms with Crippen LogP contribution in [-0.4, -0.2) is 35.6 Å². The fraction of sp³-hybridized carbons (Fsp3) is 0.647. The van der Waals surface area contributed by atoms with Crippen LogP contribution in [0.25, 0.3) is 0 Å². The number of hydrogen-bond donors (Lipinski definition) is 0. The number of rotatable bonds is 1. The van der Waals surface area contributed by atoms with Gasteiger partial charge >= 0.3 is 83.4 Å². The standard InChI is InChI=1S/C9H5F6O.2C4H9.Bi/c10-8(11,12)7(16,9(13,14)15)6-4-2-1-3-5-6;2*1-4(2)3;/h1-5H;2*1-3H3;/q-1;;;+1. The molecule has 0 heterocycles. The second-order valence-electron chi connectivity index (χ2n) is 7.50. The van der Waals surface area contributed by atoms with Gasteiger partial charge in [0.25, 0.3) is 0 Å². The van der Waals surface area contributed by atoms with Crippen molar-refractivity contribution in [3.63, 3.8) is 0 Å². The molecule has 0 unspecified atom stereocenters. The van der Waals surface area contributed by atoms with Crippen LogP contribution in [0.15, 0.2) is 30.3 Å². The number of hydrogen-bond acceptors (Lipinski definition) is 1. The van der Waals surface area contributed by atoms with Gasteiger partial charge in [-0.15, -0.1) is 0 Å². The number of alkyl halides is 6. The summed E-state index contributed by atoms with van der Waals surface area (Å²) >= 11 is -0.273. The molecule has 0 atom stereocenters. The Bertz CT molecular complexity index is 497. The van der Waals surface area contributed by atoms with Crippen LogP contribution >= 0.6 is 0 Å². The molecule has 0 bridgehead atoms. The van der Waals surface area contributed by atoms with E-state index in [1.807, 2.05) is 0 Å². The van der Waals surface area contributed by atoms with Crippen LogP contribution in [0.1, 0.15) is 47.1 Å². The van der Waals surface area contributed by atoms with Crippen LogP contribution in [0.3, 0.4) is 0 Å². The molecule has 1 aromatic carbocycles. The zero-order chi connectivity index (χ0) is 20.3. The zero-order valence-corrected chi connectivity index (χ0v) is 18.5. The van der Waals surface area contributed by atoms with Crippen molar-refractivity contribution in [3.05, 3.63) is 35.9 Å². The van der Waals surface area contributed by atoms with Crippen LogP contribution in [0.5, 0.6) is 0 Å². The Morgan fingerprint density at radius 1 is 0.680 bits per heavy atom. The molecule has 0 saturated carbocycles. The van der Waals surface area contributed by atoms with Gasteiger partial charge in [-0.25, -0.2) is 0 Å². The molecule has 0 aromatic heterocycles. The molecule has 0 saturated heterocycles. The summed E-state index contributed by atoms with van der Waals surface area (Å²) in [6, 6.07) is 4.12. The minimum atomic E-state index is -5.94. The van der Waals surface area contributed by atoms with Gasteiger partial charge in [0.2, 0.25) is 0 Å². The topological polar surface area (TPSA) is 23.1 Å². The average molecular weight is 566 g/mol. The second kappa shape index (κ2) is 8.12. The third-order valence-electron chi connectivity index (χ3n) is 2.65. The third-order valence-corrected chi connectivity index (χ3v) is 7.87. The van der Waals surface area contributed by atoms with Crippen molar-refractivity contribution in [1.29, 1.82) is 0 Å². The third kappa shape index (κ3) is 7.82. The Morgan fingerprint density at radius 2 is 1.00 bits per heavy atom. The van der Waals surface area contributed by atoms with Crippen LogP contribution in [0, 0.1) is 0 Å². The molecule has 0 N–H and O–H groups in total. The largest absolute Gasteiger partial charge is 0.833 e. The maximum absolute atomic E-state index is 12.3. The predicted molar refractivity (Wildman–Crippen MR) is 85.4 cm³/mol. The Labute approximate surface area is 156 Å². The summed E-state index contributed by atoms with van der Waals surface area (Å²) in [5, 5.41) is 11.1. The minimum Gasteiger partial charge on any atom is -0.833 e. The van der Waals surface area contributed by atoms with Gasteiger partial charge in [-0.3, -0.25) is 0 Å². The zero-order valence-electron chi connectivity index (χ0n) is 15.0. The summed E-state index contributed by atoms with van der Waals surface area (Å²) < 4.78 is 74.9. The van der Waals surface area contributed by atoms with E-state index in [1.165, 1.54) is 6.07 Å². The van der Waals surface area contributed by atoms with Crippen molar-refractivity contribution in [3.8, 4) is 0 Å². The van der Waals surface area contributed by atoms with Gasteiger partial charge in [0, 0.05) is 0 Å². The van der Waals surface area contributed by atoms with Gasteiger partial charge in [-0.1, -0.05) is 30.3 Å². The van der Waals surface area contributed by atoms with Gasteiger partial charge in [0.1, 0.15) is 5.60 Å². The van der Waals surface area contributed by atoms with E-state index < -0.39 is 23.5 Å². The molecule has 2 radical (unpaired) electrons. The van der Waals surface area contributed by atoms with Crippen molar-refractivity contribution < 1.29 is 31.4 Å². The summed E-state index contributed by atoms with van der Waals surface area (Å²) in [5.74, 6) is 0. The van der Waals surface area contributed by atoms with Gasteiger partial charge < -0.3 is 5.11 Å². The predicted octanol–water partition coefficient (Wildman–Crippen LogP) is 5.49. The molecular weight excluding hydrogens is 543 g/mol. The van der Waals surface area contributed by atoms with Crippen molar-refractivity contribution in [2.75, 3.05) is 0 Å². The maximum Gasteiger partial charge on any atom is 0.392 e. The summed E-state index contributed by atoms with van der Waals surface area (Å²) in [4.78, 5) is 0. The molecule has 8 heteroatoms. The molecule has 1 rings (SSSR count). The molecule has 144 valence electrons. The molecule has 25 heavy (non-hydrogen) atoms. The second-order valence-corrected chi connectivity index (χ2v) is 18.8. The first-order valence-electron chi connectivity index (χ1n) is 7.45. The van der Waals surface area contributed by atoms with E-state index in [1.54, 1.807) is 0 Å². The summed E-state index contributed by atoms with van der Waals surface area (Å²) in [5.41, 5.74) is -6.45. The number of halogens is 6. The molecule has 1 nitrogen and oxygen atoms in total. The van der Waals surface area contributed by atoms with Crippen LogP contribution in [-0.2, 0) is 5.60 Å². The van der Waals surface area contributed by atoms with Crippen LogP contribution in [0.2, 0.25) is 6.25 Å². The Balaban J connectivity index is 0.000000547. The van der Waals surface area contributed by atoms with E-state index in [0.29, 0.717) is 18.4 Å². The molecule has 0 spiro atoms. The fourth-order valence-electron chi connectivity index (χ4n) is 2.17. The SMILES string of the molecule is C[C](C)(C)[Bi+][C](C)(C)C.[O-]C(c1ccccc1)(C(F)(F)F)C(F)(F)F. The number of benzene rings is 1. The van der Waals surface area contributed by atoms with Crippen LogP contribution < -0.4 is 5.11 Å². The van der Waals surface area contributed by atoms with E-state index in [9.17, 15) is 31.4 Å². The summed E-state index contributed by atoms with van der Waals surface area (Å²) in [6.07, 6.45) is -11.9. The van der Waals surface area contributed by atoms with Gasteiger partial charge in [0.05, 0.1) is 0 Å². The van der Waals surface area contributed by atoms with E-state index in [2.05, 4.69) is 41.5 Å². The van der Waals surface area contributed by atoms with Crippen molar-refractivity contribution in [2.45, 2.75) is 65.7 Å². The molecule has 0 aliphatic rings. The smallest absolute Gasteiger partial charge is 0.392 e. The molecular formula is C17H23BiF6O. The fourth-order valence-corrected chi connectivity index (χ4v) is 9.99. The summed E-state index contributed by atoms with van der Waals surface area (Å²) in [6.45, 7) is 14.2. The molecule has 0 aliphatic heterocycles. The van der Waals surface area contributed by atoms with Gasteiger partial charge in [0.15, 0.2) is 0 Å². The average Bonchev–Trinajstić information content (AvgIpc) is 2.32. The molecule has 0 aliphatic carbocycles. The normalized spacial score (nSPS) is 14.0. The van der Waals surface area contributed by atoms with E-state index >= 15 is 0 Å². The van der Waals surface area contributed by atoms with E-state index in [4.69, 9.17) is 0 Å². The minimum absolute atomic E-state index is 0.273. The first kappa shape index (κ1) is 24.6. The monoisotopic (exact) mass is 566 g/mol. The van der Waals surface area contributed by atoms with Crippen molar-refractivity contribution in [1.82, 2.24) is 0 Å².